The molecule has 0 amide bonds. The molecule has 0 saturated carbocycles. The van der Waals surface area contributed by atoms with Gasteiger partial charge in [0.05, 0.1) is 5.56 Å². The quantitative estimate of drug-likeness (QED) is 0.814. The van der Waals surface area contributed by atoms with Gasteiger partial charge in [0.1, 0.15) is 11.5 Å². The van der Waals surface area contributed by atoms with Gasteiger partial charge < -0.3 is 10.2 Å². The molecule has 0 radical (unpaired) electrons. The van der Waals surface area contributed by atoms with E-state index in [1.165, 1.54) is 0 Å². The number of benzene rings is 2. The Morgan fingerprint density at radius 2 is 1.72 bits per heavy atom. The van der Waals surface area contributed by atoms with Crippen molar-refractivity contribution in [1.29, 1.82) is 0 Å². The summed E-state index contributed by atoms with van der Waals surface area (Å²) in [5.41, 5.74) is 1.83. The molecule has 2 aromatic rings. The first-order valence-electron chi connectivity index (χ1n) is 5.67. The van der Waals surface area contributed by atoms with E-state index in [1.807, 2.05) is 0 Å². The zero-order chi connectivity index (χ0) is 13.1. The fraction of sp³-hybridized carbons (Fsp3) is 0.133. The van der Waals surface area contributed by atoms with E-state index >= 15 is 0 Å². The predicted octanol–water partition coefficient (Wildman–Crippen LogP) is 2.83. The van der Waals surface area contributed by atoms with Crippen molar-refractivity contribution in [3.05, 3.63) is 59.2 Å². The van der Waals surface area contributed by atoms with E-state index < -0.39 is 0 Å². The molecule has 3 nitrogen and oxygen atoms in total. The zero-order valence-corrected chi connectivity index (χ0v) is 10.1. The molecule has 0 spiro atoms. The number of para-hydroxylation sites is 1. The molecular formula is C15H14O3. The van der Waals surface area contributed by atoms with Crippen molar-refractivity contribution >= 4 is 5.78 Å². The van der Waals surface area contributed by atoms with Gasteiger partial charge in [-0.1, -0.05) is 24.3 Å². The SMILES string of the molecule is Cc1cccc(C(=O)Cc2ccc(O)cc2)c1O. The summed E-state index contributed by atoms with van der Waals surface area (Å²) >= 11 is 0. The number of carbonyl (C=O) groups excluding carboxylic acids is 1. The third-order valence-corrected chi connectivity index (χ3v) is 2.84. The largest absolute Gasteiger partial charge is 0.508 e. The molecule has 0 aliphatic rings. The van der Waals surface area contributed by atoms with Gasteiger partial charge in [0.15, 0.2) is 5.78 Å². The molecule has 0 aliphatic heterocycles. The number of rotatable bonds is 3. The van der Waals surface area contributed by atoms with Gasteiger partial charge in [-0.25, -0.2) is 0 Å². The van der Waals surface area contributed by atoms with Crippen LogP contribution in [-0.2, 0) is 6.42 Å². The van der Waals surface area contributed by atoms with Gasteiger partial charge in [-0.3, -0.25) is 4.79 Å². The van der Waals surface area contributed by atoms with Crippen molar-refractivity contribution in [3.8, 4) is 11.5 Å². The van der Waals surface area contributed by atoms with Gasteiger partial charge in [0.2, 0.25) is 0 Å². The van der Waals surface area contributed by atoms with Crippen LogP contribution in [0.4, 0.5) is 0 Å². The zero-order valence-electron chi connectivity index (χ0n) is 10.1. The maximum absolute atomic E-state index is 12.0. The third kappa shape index (κ3) is 2.51. The van der Waals surface area contributed by atoms with E-state index in [-0.39, 0.29) is 23.7 Å². The second-order valence-electron chi connectivity index (χ2n) is 4.24. The van der Waals surface area contributed by atoms with E-state index in [0.717, 1.165) is 5.56 Å². The highest BCUT2D eigenvalue weighted by molar-refractivity contribution is 6.00. The third-order valence-electron chi connectivity index (χ3n) is 2.84. The monoisotopic (exact) mass is 242 g/mol. The van der Waals surface area contributed by atoms with Gasteiger partial charge >= 0.3 is 0 Å². The van der Waals surface area contributed by atoms with Crippen molar-refractivity contribution in [2.45, 2.75) is 13.3 Å². The minimum absolute atomic E-state index is 0.0429. The lowest BCUT2D eigenvalue weighted by Gasteiger charge is -2.06. The second kappa shape index (κ2) is 4.92. The highest BCUT2D eigenvalue weighted by atomic mass is 16.3. The number of Topliss-reactive ketones (excluding diaryl/α,β-unsaturated/α-hetero) is 1. The summed E-state index contributed by atoms with van der Waals surface area (Å²) in [4.78, 5) is 12.0. The van der Waals surface area contributed by atoms with Crippen LogP contribution in [0, 0.1) is 6.92 Å². The summed E-state index contributed by atoms with van der Waals surface area (Å²) < 4.78 is 0. The Hall–Kier alpha value is -2.29. The molecule has 0 heterocycles. The van der Waals surface area contributed by atoms with Crippen LogP contribution in [0.25, 0.3) is 0 Å². The summed E-state index contributed by atoms with van der Waals surface area (Å²) in [6, 6.07) is 11.6. The minimum atomic E-state index is -0.137. The van der Waals surface area contributed by atoms with Crippen LogP contribution < -0.4 is 0 Å². The van der Waals surface area contributed by atoms with E-state index in [4.69, 9.17) is 5.11 Å². The van der Waals surface area contributed by atoms with Gasteiger partial charge in [-0.2, -0.15) is 0 Å². The Kier molecular flexibility index (Phi) is 3.33. The summed E-state index contributed by atoms with van der Waals surface area (Å²) in [6.45, 7) is 1.76. The van der Waals surface area contributed by atoms with Crippen LogP contribution in [0.1, 0.15) is 21.5 Å². The van der Waals surface area contributed by atoms with Gasteiger partial charge in [0.25, 0.3) is 0 Å². The molecule has 0 atom stereocenters. The predicted molar refractivity (Wildman–Crippen MR) is 69.0 cm³/mol. The lowest BCUT2D eigenvalue weighted by Crippen LogP contribution is -2.04. The molecule has 18 heavy (non-hydrogen) atoms. The number of hydrogen-bond acceptors (Lipinski definition) is 3. The average molecular weight is 242 g/mol. The first kappa shape index (κ1) is 12.2. The molecule has 2 aromatic carbocycles. The van der Waals surface area contributed by atoms with Crippen LogP contribution in [-0.4, -0.2) is 16.0 Å². The number of ketones is 1. The summed E-state index contributed by atoms with van der Waals surface area (Å²) in [7, 11) is 0. The van der Waals surface area contributed by atoms with Gasteiger partial charge in [-0.15, -0.1) is 0 Å². The van der Waals surface area contributed by atoms with E-state index in [2.05, 4.69) is 0 Å². The van der Waals surface area contributed by atoms with Crippen LogP contribution in [0.5, 0.6) is 11.5 Å². The Bertz CT molecular complexity index is 571. The Balaban J connectivity index is 2.22. The van der Waals surface area contributed by atoms with E-state index in [9.17, 15) is 9.90 Å². The lowest BCUT2D eigenvalue weighted by atomic mass is 10.0. The van der Waals surface area contributed by atoms with Crippen molar-refractivity contribution in [1.82, 2.24) is 0 Å². The maximum atomic E-state index is 12.0. The van der Waals surface area contributed by atoms with E-state index in [0.29, 0.717) is 11.1 Å². The van der Waals surface area contributed by atoms with Crippen LogP contribution >= 0.6 is 0 Å². The number of carbonyl (C=O) groups is 1. The molecule has 3 heteroatoms. The van der Waals surface area contributed by atoms with Crippen LogP contribution in [0.15, 0.2) is 42.5 Å². The number of hydrogen-bond donors (Lipinski definition) is 2. The summed E-state index contributed by atoms with van der Waals surface area (Å²) in [6.07, 6.45) is 0.206. The standard InChI is InChI=1S/C15H14O3/c1-10-3-2-4-13(15(10)18)14(17)9-11-5-7-12(16)8-6-11/h2-8,16,18H,9H2,1H3. The number of phenols is 2. The Labute approximate surface area is 105 Å². The first-order chi connectivity index (χ1) is 8.58. The highest BCUT2D eigenvalue weighted by Crippen LogP contribution is 2.23. The highest BCUT2D eigenvalue weighted by Gasteiger charge is 2.12. The fourth-order valence-corrected chi connectivity index (χ4v) is 1.78. The molecule has 92 valence electrons. The first-order valence-corrected chi connectivity index (χ1v) is 5.67. The molecule has 0 bridgehead atoms. The molecule has 2 N–H and O–H groups in total. The van der Waals surface area contributed by atoms with Crippen LogP contribution in [0.3, 0.4) is 0 Å². The van der Waals surface area contributed by atoms with Crippen molar-refractivity contribution in [2.24, 2.45) is 0 Å². The van der Waals surface area contributed by atoms with Crippen molar-refractivity contribution in [2.75, 3.05) is 0 Å². The lowest BCUT2D eigenvalue weighted by molar-refractivity contribution is 0.0990. The average Bonchev–Trinajstić information content (AvgIpc) is 2.35. The topological polar surface area (TPSA) is 57.5 Å². The smallest absolute Gasteiger partial charge is 0.170 e. The summed E-state index contributed by atoms with van der Waals surface area (Å²) in [5.74, 6) is 0.0766. The molecule has 0 aliphatic carbocycles. The minimum Gasteiger partial charge on any atom is -0.508 e. The van der Waals surface area contributed by atoms with E-state index in [1.54, 1.807) is 49.4 Å². The number of phenolic OH excluding ortho intramolecular Hbond substituents is 2. The molecule has 2 rings (SSSR count). The normalized spacial score (nSPS) is 10.3. The molecule has 0 aromatic heterocycles. The fourth-order valence-electron chi connectivity index (χ4n) is 1.78. The Morgan fingerprint density at radius 3 is 2.39 bits per heavy atom. The molecule has 0 saturated heterocycles. The summed E-state index contributed by atoms with van der Waals surface area (Å²) in [5, 5.41) is 19.0. The number of aromatic hydroxyl groups is 2. The van der Waals surface area contributed by atoms with Crippen molar-refractivity contribution in [3.63, 3.8) is 0 Å². The molecule has 0 unspecified atom stereocenters. The van der Waals surface area contributed by atoms with Crippen LogP contribution in [0.2, 0.25) is 0 Å². The van der Waals surface area contributed by atoms with Gasteiger partial charge in [-0.05, 0) is 36.2 Å². The van der Waals surface area contributed by atoms with Gasteiger partial charge in [0, 0.05) is 6.42 Å². The Morgan fingerprint density at radius 1 is 1.06 bits per heavy atom. The van der Waals surface area contributed by atoms with Crippen molar-refractivity contribution < 1.29 is 15.0 Å². The maximum Gasteiger partial charge on any atom is 0.170 e. The molecule has 0 fully saturated rings. The molecular weight excluding hydrogens is 228 g/mol. The second-order valence-corrected chi connectivity index (χ2v) is 4.24. The number of aryl methyl sites for hydroxylation is 1.